The maximum absolute atomic E-state index is 9.12. The Morgan fingerprint density at radius 1 is 1.26 bits per heavy atom. The molecule has 96 valence electrons. The van der Waals surface area contributed by atoms with Crippen LogP contribution in [0.5, 0.6) is 0 Å². The van der Waals surface area contributed by atoms with Crippen LogP contribution in [-0.4, -0.2) is 0 Å². The van der Waals surface area contributed by atoms with Crippen LogP contribution in [0.15, 0.2) is 46.9 Å². The van der Waals surface area contributed by atoms with Crippen molar-refractivity contribution in [1.82, 2.24) is 0 Å². The Morgan fingerprint density at radius 3 is 2.68 bits per heavy atom. The minimum absolute atomic E-state index is 0.0232. The molecular weight excluding hydrogens is 324 g/mol. The molecular formula is C15H12BrClN2. The van der Waals surface area contributed by atoms with Crippen LogP contribution in [0.2, 0.25) is 5.02 Å². The summed E-state index contributed by atoms with van der Waals surface area (Å²) >= 11 is 9.59. The molecule has 2 rings (SSSR count). The van der Waals surface area contributed by atoms with Crippen LogP contribution in [0.25, 0.3) is 0 Å². The van der Waals surface area contributed by atoms with Gasteiger partial charge in [0.05, 0.1) is 17.3 Å². The fraction of sp³-hybridized carbons (Fsp3) is 0.133. The van der Waals surface area contributed by atoms with E-state index >= 15 is 0 Å². The van der Waals surface area contributed by atoms with Gasteiger partial charge in [-0.15, -0.1) is 0 Å². The molecule has 1 N–H and O–H groups in total. The highest BCUT2D eigenvalue weighted by Crippen LogP contribution is 2.28. The Kier molecular flexibility index (Phi) is 4.47. The number of anilines is 1. The van der Waals surface area contributed by atoms with Crippen molar-refractivity contribution in [3.05, 3.63) is 63.1 Å². The quantitative estimate of drug-likeness (QED) is 0.842. The van der Waals surface area contributed by atoms with E-state index in [-0.39, 0.29) is 6.04 Å². The predicted octanol–water partition coefficient (Wildman–Crippen LogP) is 5.15. The molecule has 0 radical (unpaired) electrons. The Labute approximate surface area is 126 Å². The van der Waals surface area contributed by atoms with Gasteiger partial charge in [0.1, 0.15) is 6.07 Å². The third-order valence-electron chi connectivity index (χ3n) is 2.85. The van der Waals surface area contributed by atoms with Crippen molar-refractivity contribution in [2.75, 3.05) is 5.32 Å². The third kappa shape index (κ3) is 3.28. The summed E-state index contributed by atoms with van der Waals surface area (Å²) in [5.74, 6) is 0. The summed E-state index contributed by atoms with van der Waals surface area (Å²) in [4.78, 5) is 0. The van der Waals surface area contributed by atoms with Gasteiger partial charge in [-0.25, -0.2) is 0 Å². The van der Waals surface area contributed by atoms with Crippen molar-refractivity contribution in [2.45, 2.75) is 13.0 Å². The van der Waals surface area contributed by atoms with E-state index in [4.69, 9.17) is 16.9 Å². The lowest BCUT2D eigenvalue weighted by Gasteiger charge is -2.18. The predicted molar refractivity (Wildman–Crippen MR) is 82.3 cm³/mol. The zero-order chi connectivity index (χ0) is 13.8. The summed E-state index contributed by atoms with van der Waals surface area (Å²) in [5, 5.41) is 13.2. The lowest BCUT2D eigenvalue weighted by molar-refractivity contribution is 0.884. The first-order chi connectivity index (χ1) is 9.11. The molecule has 2 aromatic rings. The zero-order valence-electron chi connectivity index (χ0n) is 10.3. The van der Waals surface area contributed by atoms with Gasteiger partial charge in [-0.05, 0) is 36.8 Å². The lowest BCUT2D eigenvalue weighted by atomic mass is 10.1. The van der Waals surface area contributed by atoms with Crippen molar-refractivity contribution in [1.29, 1.82) is 5.26 Å². The average Bonchev–Trinajstić information content (AvgIpc) is 2.39. The number of nitrogens with one attached hydrogen (secondary N) is 1. The Bertz CT molecular complexity index is 634. The van der Waals surface area contributed by atoms with Crippen molar-refractivity contribution in [3.8, 4) is 6.07 Å². The van der Waals surface area contributed by atoms with Crippen molar-refractivity contribution in [3.63, 3.8) is 0 Å². The molecule has 2 aromatic carbocycles. The molecule has 19 heavy (non-hydrogen) atoms. The lowest BCUT2D eigenvalue weighted by Crippen LogP contribution is -2.08. The molecule has 1 unspecified atom stereocenters. The fourth-order valence-corrected chi connectivity index (χ4v) is 2.53. The van der Waals surface area contributed by atoms with E-state index in [2.05, 4.69) is 27.3 Å². The Balaban J connectivity index is 2.29. The number of benzene rings is 2. The number of halogens is 2. The van der Waals surface area contributed by atoms with Gasteiger partial charge in [-0.3, -0.25) is 0 Å². The van der Waals surface area contributed by atoms with Crippen LogP contribution in [-0.2, 0) is 0 Å². The van der Waals surface area contributed by atoms with Crippen molar-refractivity contribution >= 4 is 33.2 Å². The number of nitrogens with zero attached hydrogens (tertiary/aromatic N) is 1. The molecule has 4 heteroatoms. The Morgan fingerprint density at radius 2 is 2.00 bits per heavy atom. The number of hydrogen-bond donors (Lipinski definition) is 1. The van der Waals surface area contributed by atoms with Crippen LogP contribution in [0, 0.1) is 11.3 Å². The summed E-state index contributed by atoms with van der Waals surface area (Å²) in [7, 11) is 0. The first kappa shape index (κ1) is 13.9. The summed E-state index contributed by atoms with van der Waals surface area (Å²) in [6, 6.07) is 15.4. The maximum Gasteiger partial charge on any atom is 0.101 e. The van der Waals surface area contributed by atoms with Gasteiger partial charge in [0.25, 0.3) is 0 Å². The molecule has 0 aliphatic carbocycles. The molecule has 1 atom stereocenters. The molecule has 0 aliphatic rings. The van der Waals surface area contributed by atoms with Gasteiger partial charge in [0.2, 0.25) is 0 Å². The van der Waals surface area contributed by atoms with E-state index in [0.29, 0.717) is 5.56 Å². The van der Waals surface area contributed by atoms with E-state index in [1.165, 1.54) is 0 Å². The molecule has 0 bridgehead atoms. The molecule has 0 aromatic heterocycles. The molecule has 0 saturated heterocycles. The van der Waals surface area contributed by atoms with Crippen molar-refractivity contribution in [2.24, 2.45) is 0 Å². The summed E-state index contributed by atoms with van der Waals surface area (Å²) in [6.45, 7) is 2.02. The topological polar surface area (TPSA) is 35.8 Å². The highest BCUT2D eigenvalue weighted by atomic mass is 79.9. The second-order valence-electron chi connectivity index (χ2n) is 4.19. The van der Waals surface area contributed by atoms with Crippen LogP contribution < -0.4 is 5.32 Å². The smallest absolute Gasteiger partial charge is 0.101 e. The monoisotopic (exact) mass is 334 g/mol. The molecule has 0 spiro atoms. The van der Waals surface area contributed by atoms with Crippen LogP contribution in [0.1, 0.15) is 24.1 Å². The van der Waals surface area contributed by atoms with Crippen molar-refractivity contribution < 1.29 is 0 Å². The minimum atomic E-state index is 0.0232. The standard InChI is InChI=1S/C15H12BrClN2/c1-10(13-4-2-3-5-14(13)17)19-15-8-12(16)7-6-11(15)9-18/h2-8,10,19H,1H3. The first-order valence-electron chi connectivity index (χ1n) is 5.82. The molecule has 0 heterocycles. The normalized spacial score (nSPS) is 11.7. The van der Waals surface area contributed by atoms with Crippen LogP contribution in [0.4, 0.5) is 5.69 Å². The van der Waals surface area contributed by atoms with Gasteiger partial charge in [0, 0.05) is 9.50 Å². The van der Waals surface area contributed by atoms with Gasteiger partial charge < -0.3 is 5.32 Å². The van der Waals surface area contributed by atoms with E-state index in [9.17, 15) is 0 Å². The van der Waals surface area contributed by atoms with E-state index in [1.807, 2.05) is 43.3 Å². The molecule has 0 aliphatic heterocycles. The van der Waals surface area contributed by atoms with Crippen LogP contribution >= 0.6 is 27.5 Å². The van der Waals surface area contributed by atoms with E-state index < -0.39 is 0 Å². The number of rotatable bonds is 3. The van der Waals surface area contributed by atoms with Gasteiger partial charge in [-0.2, -0.15) is 5.26 Å². The number of nitriles is 1. The fourth-order valence-electron chi connectivity index (χ4n) is 1.87. The average molecular weight is 336 g/mol. The van der Waals surface area contributed by atoms with E-state index in [1.54, 1.807) is 6.07 Å². The van der Waals surface area contributed by atoms with Crippen LogP contribution in [0.3, 0.4) is 0 Å². The first-order valence-corrected chi connectivity index (χ1v) is 6.99. The second kappa shape index (κ2) is 6.10. The number of hydrogen-bond acceptors (Lipinski definition) is 2. The summed E-state index contributed by atoms with van der Waals surface area (Å²) in [6.07, 6.45) is 0. The summed E-state index contributed by atoms with van der Waals surface area (Å²) < 4.78 is 0.931. The summed E-state index contributed by atoms with van der Waals surface area (Å²) in [5.41, 5.74) is 2.42. The maximum atomic E-state index is 9.12. The largest absolute Gasteiger partial charge is 0.377 e. The Hall–Kier alpha value is -1.50. The molecule has 2 nitrogen and oxygen atoms in total. The highest BCUT2D eigenvalue weighted by molar-refractivity contribution is 9.10. The van der Waals surface area contributed by atoms with Gasteiger partial charge in [0.15, 0.2) is 0 Å². The second-order valence-corrected chi connectivity index (χ2v) is 5.51. The highest BCUT2D eigenvalue weighted by Gasteiger charge is 2.11. The zero-order valence-corrected chi connectivity index (χ0v) is 12.7. The van der Waals surface area contributed by atoms with Gasteiger partial charge in [-0.1, -0.05) is 45.7 Å². The molecule has 0 saturated carbocycles. The van der Waals surface area contributed by atoms with Gasteiger partial charge >= 0.3 is 0 Å². The SMILES string of the molecule is CC(Nc1cc(Br)ccc1C#N)c1ccccc1Cl. The van der Waals surface area contributed by atoms with E-state index in [0.717, 1.165) is 20.7 Å². The molecule has 0 fully saturated rings. The minimum Gasteiger partial charge on any atom is -0.377 e. The molecule has 0 amide bonds. The third-order valence-corrected chi connectivity index (χ3v) is 3.68.